The fourth-order valence-corrected chi connectivity index (χ4v) is 5.09. The minimum Gasteiger partial charge on any atom is -0.377 e. The lowest BCUT2D eigenvalue weighted by atomic mass is 9.68. The molecule has 1 saturated heterocycles. The van der Waals surface area contributed by atoms with Gasteiger partial charge in [0.25, 0.3) is 0 Å². The number of hydrogen-bond donors (Lipinski definition) is 1. The fraction of sp³-hybridized carbons (Fsp3) is 1.00. The number of methoxy groups -OCH3 is 1. The van der Waals surface area contributed by atoms with Crippen LogP contribution in [-0.2, 0) is 9.47 Å². The third-order valence-corrected chi connectivity index (χ3v) is 6.69. The quantitative estimate of drug-likeness (QED) is 0.864. The van der Waals surface area contributed by atoms with Crippen LogP contribution in [0, 0.1) is 11.8 Å². The van der Waals surface area contributed by atoms with Gasteiger partial charge in [0, 0.05) is 19.8 Å². The van der Waals surface area contributed by atoms with Crippen LogP contribution < -0.4 is 5.73 Å². The van der Waals surface area contributed by atoms with Gasteiger partial charge in [0.2, 0.25) is 0 Å². The highest BCUT2D eigenvalue weighted by atomic mass is 16.5. The lowest BCUT2D eigenvalue weighted by molar-refractivity contribution is -0.128. The Morgan fingerprint density at radius 3 is 2.38 bits per heavy atom. The van der Waals surface area contributed by atoms with E-state index in [4.69, 9.17) is 15.2 Å². The summed E-state index contributed by atoms with van der Waals surface area (Å²) < 4.78 is 12.2. The summed E-state index contributed by atoms with van der Waals surface area (Å²) >= 11 is 0. The van der Waals surface area contributed by atoms with E-state index >= 15 is 0 Å². The van der Waals surface area contributed by atoms with Gasteiger partial charge in [-0.1, -0.05) is 19.8 Å². The average Bonchev–Trinajstić information content (AvgIpc) is 2.95. The van der Waals surface area contributed by atoms with Crippen molar-refractivity contribution < 1.29 is 9.47 Å². The summed E-state index contributed by atoms with van der Waals surface area (Å²) in [5.41, 5.74) is 6.87. The van der Waals surface area contributed by atoms with Gasteiger partial charge < -0.3 is 15.2 Å². The second-order valence-corrected chi connectivity index (χ2v) is 7.97. The van der Waals surface area contributed by atoms with Gasteiger partial charge in [-0.25, -0.2) is 0 Å². The summed E-state index contributed by atoms with van der Waals surface area (Å²) in [6.45, 7) is 3.25. The van der Waals surface area contributed by atoms with Crippen molar-refractivity contribution in [3.8, 4) is 0 Å². The van der Waals surface area contributed by atoms with Crippen molar-refractivity contribution in [2.75, 3.05) is 13.7 Å². The van der Waals surface area contributed by atoms with E-state index in [1.165, 1.54) is 38.5 Å². The molecule has 0 radical (unpaired) electrons. The highest BCUT2D eigenvalue weighted by Crippen LogP contribution is 2.46. The minimum absolute atomic E-state index is 0.0751. The summed E-state index contributed by atoms with van der Waals surface area (Å²) in [4.78, 5) is 0. The van der Waals surface area contributed by atoms with Gasteiger partial charge in [0.1, 0.15) is 0 Å². The first-order chi connectivity index (χ1) is 10.1. The molecule has 3 heteroatoms. The molecule has 3 fully saturated rings. The van der Waals surface area contributed by atoms with E-state index in [1.807, 2.05) is 7.11 Å². The predicted molar refractivity (Wildman–Crippen MR) is 85.2 cm³/mol. The Labute approximate surface area is 129 Å². The van der Waals surface area contributed by atoms with Crippen LogP contribution in [0.25, 0.3) is 0 Å². The van der Waals surface area contributed by atoms with Crippen LogP contribution in [0.2, 0.25) is 0 Å². The zero-order valence-corrected chi connectivity index (χ0v) is 13.9. The van der Waals surface area contributed by atoms with Crippen LogP contribution in [0.1, 0.15) is 71.1 Å². The smallest absolute Gasteiger partial charge is 0.0831 e. The number of rotatable bonds is 3. The molecule has 2 aliphatic carbocycles. The Bertz CT molecular complexity index is 343. The largest absolute Gasteiger partial charge is 0.377 e. The first kappa shape index (κ1) is 15.8. The molecule has 122 valence electrons. The first-order valence-corrected chi connectivity index (χ1v) is 9.04. The van der Waals surface area contributed by atoms with Gasteiger partial charge in [0.15, 0.2) is 0 Å². The molecule has 1 spiro atoms. The molecule has 0 bridgehead atoms. The van der Waals surface area contributed by atoms with Crippen molar-refractivity contribution in [1.82, 2.24) is 0 Å². The van der Waals surface area contributed by atoms with E-state index < -0.39 is 0 Å². The lowest BCUT2D eigenvalue weighted by Crippen LogP contribution is -2.57. The second-order valence-electron chi connectivity index (χ2n) is 7.97. The molecule has 2 atom stereocenters. The Morgan fingerprint density at radius 1 is 1.10 bits per heavy atom. The zero-order valence-electron chi connectivity index (χ0n) is 13.9. The third-order valence-electron chi connectivity index (χ3n) is 6.69. The molecule has 2 saturated carbocycles. The molecule has 1 heterocycles. The molecule has 0 aromatic rings. The Kier molecular flexibility index (Phi) is 4.63. The van der Waals surface area contributed by atoms with E-state index in [9.17, 15) is 0 Å². The highest BCUT2D eigenvalue weighted by Gasteiger charge is 2.48. The maximum Gasteiger partial charge on any atom is 0.0831 e. The Hall–Kier alpha value is -0.120. The highest BCUT2D eigenvalue weighted by molar-refractivity contribution is 5.02. The van der Waals surface area contributed by atoms with Gasteiger partial charge in [-0.2, -0.15) is 0 Å². The standard InChI is InChI=1S/C18H33NO2/c1-14-5-10-18(20-2,11-6-14)16(19)15-7-12-21-17(13-15)8-3-4-9-17/h14-16H,3-13,19H2,1-2H3. The molecule has 2 N–H and O–H groups in total. The van der Waals surface area contributed by atoms with Gasteiger partial charge in [-0.3, -0.25) is 0 Å². The van der Waals surface area contributed by atoms with Crippen molar-refractivity contribution in [2.45, 2.75) is 88.4 Å². The van der Waals surface area contributed by atoms with Crippen LogP contribution in [0.5, 0.6) is 0 Å². The molecule has 1 aliphatic heterocycles. The number of hydrogen-bond acceptors (Lipinski definition) is 3. The monoisotopic (exact) mass is 295 g/mol. The maximum absolute atomic E-state index is 6.78. The van der Waals surface area contributed by atoms with Gasteiger partial charge >= 0.3 is 0 Å². The van der Waals surface area contributed by atoms with Gasteiger partial charge in [-0.05, 0) is 63.2 Å². The normalized spacial score (nSPS) is 41.3. The van der Waals surface area contributed by atoms with Gasteiger partial charge in [0.05, 0.1) is 11.2 Å². The Morgan fingerprint density at radius 2 is 1.76 bits per heavy atom. The SMILES string of the molecule is COC1(C(N)C2CCOC3(CCCC3)C2)CCC(C)CC1. The summed E-state index contributed by atoms with van der Waals surface area (Å²) in [5, 5.41) is 0. The number of ether oxygens (including phenoxy) is 2. The molecule has 3 nitrogen and oxygen atoms in total. The van der Waals surface area contributed by atoms with Crippen molar-refractivity contribution in [3.63, 3.8) is 0 Å². The second kappa shape index (κ2) is 6.17. The van der Waals surface area contributed by atoms with Crippen LogP contribution >= 0.6 is 0 Å². The first-order valence-electron chi connectivity index (χ1n) is 9.04. The summed E-state index contributed by atoms with van der Waals surface area (Å²) in [6, 6.07) is 0.177. The van der Waals surface area contributed by atoms with Crippen molar-refractivity contribution in [3.05, 3.63) is 0 Å². The number of nitrogens with two attached hydrogens (primary N) is 1. The molecular formula is C18H33NO2. The predicted octanol–water partition coefficient (Wildman–Crippen LogP) is 3.65. The summed E-state index contributed by atoms with van der Waals surface area (Å²) in [7, 11) is 1.88. The molecular weight excluding hydrogens is 262 g/mol. The molecule has 2 unspecified atom stereocenters. The fourth-order valence-electron chi connectivity index (χ4n) is 5.09. The van der Waals surface area contributed by atoms with E-state index in [0.717, 1.165) is 38.2 Å². The van der Waals surface area contributed by atoms with Crippen LogP contribution in [0.4, 0.5) is 0 Å². The van der Waals surface area contributed by atoms with E-state index in [-0.39, 0.29) is 17.2 Å². The molecule has 0 amide bonds. The summed E-state index contributed by atoms with van der Waals surface area (Å²) in [6.07, 6.45) is 12.2. The van der Waals surface area contributed by atoms with Crippen LogP contribution in [0.15, 0.2) is 0 Å². The van der Waals surface area contributed by atoms with Crippen LogP contribution in [-0.4, -0.2) is 31.0 Å². The molecule has 0 aromatic heterocycles. The molecule has 0 aromatic carbocycles. The average molecular weight is 295 g/mol. The van der Waals surface area contributed by atoms with Gasteiger partial charge in [-0.15, -0.1) is 0 Å². The van der Waals surface area contributed by atoms with Crippen molar-refractivity contribution in [1.29, 1.82) is 0 Å². The lowest BCUT2D eigenvalue weighted by Gasteiger charge is -2.48. The van der Waals surface area contributed by atoms with Crippen molar-refractivity contribution in [2.24, 2.45) is 17.6 Å². The zero-order chi connectivity index (χ0) is 14.9. The molecule has 3 aliphatic rings. The van der Waals surface area contributed by atoms with E-state index in [2.05, 4.69) is 6.92 Å². The van der Waals surface area contributed by atoms with Crippen LogP contribution in [0.3, 0.4) is 0 Å². The Balaban J connectivity index is 1.69. The molecule has 21 heavy (non-hydrogen) atoms. The van der Waals surface area contributed by atoms with E-state index in [1.54, 1.807) is 0 Å². The van der Waals surface area contributed by atoms with Crippen molar-refractivity contribution >= 4 is 0 Å². The minimum atomic E-state index is -0.0751. The maximum atomic E-state index is 6.78. The third kappa shape index (κ3) is 3.02. The summed E-state index contributed by atoms with van der Waals surface area (Å²) in [5.74, 6) is 1.40. The molecule has 3 rings (SSSR count). The topological polar surface area (TPSA) is 44.5 Å². The van der Waals surface area contributed by atoms with E-state index in [0.29, 0.717) is 5.92 Å².